The normalized spacial score (nSPS) is 16.9. The standard InChI is InChI=1S/C37H45NO5.C19H20N2O6/c1-4-5-15-32(39)26-42-33-16-11-14-31(25-33)35(21-20-30-19-18-27(2)28(3)23-30)43-37(41)34-17-9-10-22-38(34)36(40)24-29-12-7-6-8-13-29;1-2-3-5-11(22)10-27-14-7-4-6-12-16(14)19(26)21(18(12)25)13-8-9-15(23)20-17(13)24/h6-8,11-14,16,18-19,23,25,34-35H,4-5,9-10,15,17,20-22,24,26H2,1-3H3;4,6-7,13H,2-3,5,8-10H2,1H3,(H,20,23,24)/t34-,35+;/m0./s1. The summed E-state index contributed by atoms with van der Waals surface area (Å²) in [5.74, 6) is -2.07. The second kappa shape index (κ2) is 25.6. The van der Waals surface area contributed by atoms with Gasteiger partial charge in [-0.2, -0.15) is 0 Å². The Kier molecular flexibility index (Phi) is 19.2. The van der Waals surface area contributed by atoms with E-state index >= 15 is 0 Å². The molecule has 70 heavy (non-hydrogen) atoms. The lowest BCUT2D eigenvalue weighted by molar-refractivity contribution is -0.162. The number of benzene rings is 4. The molecule has 2 fully saturated rings. The summed E-state index contributed by atoms with van der Waals surface area (Å²) in [5, 5.41) is 2.15. The van der Waals surface area contributed by atoms with E-state index in [4.69, 9.17) is 14.2 Å². The zero-order valence-corrected chi connectivity index (χ0v) is 40.8. The zero-order chi connectivity index (χ0) is 50.2. The summed E-state index contributed by atoms with van der Waals surface area (Å²) in [6.07, 6.45) is 7.87. The second-order valence-corrected chi connectivity index (χ2v) is 18.2. The molecule has 2 saturated heterocycles. The number of likely N-dealkylation sites (tertiary alicyclic amines) is 1. The first-order chi connectivity index (χ1) is 33.8. The number of piperidine rings is 2. The minimum atomic E-state index is -1.03. The van der Waals surface area contributed by atoms with E-state index in [1.54, 1.807) is 11.0 Å². The summed E-state index contributed by atoms with van der Waals surface area (Å²) in [5.41, 5.74) is 5.57. The van der Waals surface area contributed by atoms with Gasteiger partial charge in [0.05, 0.1) is 17.5 Å². The molecule has 4 aromatic rings. The van der Waals surface area contributed by atoms with Crippen LogP contribution in [0.5, 0.6) is 11.5 Å². The average molecular weight is 956 g/mol. The van der Waals surface area contributed by atoms with Crippen molar-refractivity contribution in [1.82, 2.24) is 15.1 Å². The Morgan fingerprint density at radius 2 is 1.44 bits per heavy atom. The summed E-state index contributed by atoms with van der Waals surface area (Å²) in [4.78, 5) is 103. The number of nitrogens with one attached hydrogen (secondary N) is 1. The number of nitrogens with zero attached hydrogens (tertiary/aromatic N) is 2. The topological polar surface area (TPSA) is 183 Å². The number of esters is 1. The van der Waals surface area contributed by atoms with Gasteiger partial charge in [-0.3, -0.25) is 43.8 Å². The molecule has 3 aliphatic heterocycles. The van der Waals surface area contributed by atoms with Gasteiger partial charge in [-0.15, -0.1) is 0 Å². The van der Waals surface area contributed by atoms with Crippen molar-refractivity contribution in [2.75, 3.05) is 19.8 Å². The van der Waals surface area contributed by atoms with E-state index < -0.39 is 41.8 Å². The number of carbonyl (C=O) groups excluding carboxylic acids is 8. The monoisotopic (exact) mass is 955 g/mol. The minimum absolute atomic E-state index is 0.0249. The number of amides is 5. The highest BCUT2D eigenvalue weighted by Crippen LogP contribution is 2.34. The Morgan fingerprint density at radius 1 is 0.729 bits per heavy atom. The molecule has 0 radical (unpaired) electrons. The molecule has 0 spiro atoms. The number of Topliss-reactive ketones (excluding diaryl/α,β-unsaturated/α-hetero) is 2. The van der Waals surface area contributed by atoms with Crippen molar-refractivity contribution < 1.29 is 52.6 Å². The molecule has 0 bridgehead atoms. The number of fused-ring (bicyclic) bond motifs is 1. The minimum Gasteiger partial charge on any atom is -0.486 e. The van der Waals surface area contributed by atoms with Crippen LogP contribution in [0, 0.1) is 13.8 Å². The first-order valence-electron chi connectivity index (χ1n) is 24.6. The number of imide groups is 2. The lowest BCUT2D eigenvalue weighted by atomic mass is 9.98. The molecule has 0 saturated carbocycles. The number of carbonyl (C=O) groups is 8. The highest BCUT2D eigenvalue weighted by Gasteiger charge is 2.46. The van der Waals surface area contributed by atoms with E-state index in [9.17, 15) is 38.4 Å². The summed E-state index contributed by atoms with van der Waals surface area (Å²) < 4.78 is 17.6. The van der Waals surface area contributed by atoms with Crippen LogP contribution in [-0.2, 0) is 46.3 Å². The smallest absolute Gasteiger partial charge is 0.329 e. The largest absolute Gasteiger partial charge is 0.486 e. The van der Waals surface area contributed by atoms with Gasteiger partial charge in [0, 0.05) is 25.8 Å². The second-order valence-electron chi connectivity index (χ2n) is 18.2. The van der Waals surface area contributed by atoms with Crippen molar-refractivity contribution in [3.63, 3.8) is 0 Å². The molecule has 14 nitrogen and oxygen atoms in total. The van der Waals surface area contributed by atoms with Gasteiger partial charge in [-0.1, -0.05) is 93.4 Å². The Morgan fingerprint density at radius 3 is 2.14 bits per heavy atom. The summed E-state index contributed by atoms with van der Waals surface area (Å²) in [6, 6.07) is 26.5. The molecule has 14 heteroatoms. The van der Waals surface area contributed by atoms with Crippen molar-refractivity contribution in [3.8, 4) is 11.5 Å². The van der Waals surface area contributed by atoms with E-state index in [1.807, 2.05) is 61.5 Å². The van der Waals surface area contributed by atoms with Crippen molar-refractivity contribution >= 4 is 47.1 Å². The molecule has 1 N–H and O–H groups in total. The molecular weight excluding hydrogens is 891 g/mol. The molecule has 0 aliphatic carbocycles. The van der Waals surface area contributed by atoms with Crippen molar-refractivity contribution in [2.45, 2.75) is 136 Å². The van der Waals surface area contributed by atoms with Crippen LogP contribution >= 0.6 is 0 Å². The maximum atomic E-state index is 13.8. The molecule has 3 aliphatic rings. The van der Waals surface area contributed by atoms with Crippen LogP contribution in [-0.4, -0.2) is 88.7 Å². The fourth-order valence-electron chi connectivity index (χ4n) is 8.74. The van der Waals surface area contributed by atoms with E-state index in [0.717, 1.165) is 61.0 Å². The van der Waals surface area contributed by atoms with E-state index in [1.165, 1.54) is 28.8 Å². The predicted molar refractivity (Wildman–Crippen MR) is 262 cm³/mol. The van der Waals surface area contributed by atoms with Crippen LogP contribution in [0.25, 0.3) is 0 Å². The highest BCUT2D eigenvalue weighted by atomic mass is 16.5. The molecule has 4 aromatic carbocycles. The average Bonchev–Trinajstić information content (AvgIpc) is 3.62. The Balaban J connectivity index is 0.000000255. The molecule has 3 atom stereocenters. The summed E-state index contributed by atoms with van der Waals surface area (Å²) in [6.45, 7) is 8.62. The van der Waals surface area contributed by atoms with Gasteiger partial charge >= 0.3 is 5.97 Å². The van der Waals surface area contributed by atoms with Gasteiger partial charge in [0.15, 0.2) is 11.6 Å². The Bertz CT molecular complexity index is 2540. The first-order valence-corrected chi connectivity index (χ1v) is 24.6. The number of hydrogen-bond donors (Lipinski definition) is 1. The molecule has 3 heterocycles. The Hall–Kier alpha value is -6.96. The molecule has 7 rings (SSSR count). The number of hydrogen-bond acceptors (Lipinski definition) is 11. The van der Waals surface area contributed by atoms with Crippen LogP contribution < -0.4 is 14.8 Å². The van der Waals surface area contributed by atoms with Gasteiger partial charge in [-0.25, -0.2) is 4.79 Å². The number of ketones is 2. The lowest BCUT2D eigenvalue weighted by Crippen LogP contribution is -2.54. The zero-order valence-electron chi connectivity index (χ0n) is 40.8. The fourth-order valence-corrected chi connectivity index (χ4v) is 8.74. The van der Waals surface area contributed by atoms with Crippen LogP contribution in [0.1, 0.15) is 146 Å². The highest BCUT2D eigenvalue weighted by molar-refractivity contribution is 6.24. The van der Waals surface area contributed by atoms with E-state index in [2.05, 4.69) is 44.3 Å². The van der Waals surface area contributed by atoms with Crippen LogP contribution in [0.3, 0.4) is 0 Å². The number of unbranched alkanes of at least 4 members (excludes halogenated alkanes) is 2. The number of rotatable bonds is 21. The van der Waals surface area contributed by atoms with Gasteiger partial charge in [-0.05, 0) is 117 Å². The third-order valence-corrected chi connectivity index (χ3v) is 12.9. The molecule has 370 valence electrons. The Labute approximate surface area is 410 Å². The van der Waals surface area contributed by atoms with Crippen LogP contribution in [0.4, 0.5) is 0 Å². The lowest BCUT2D eigenvalue weighted by Gasteiger charge is -2.35. The van der Waals surface area contributed by atoms with Gasteiger partial charge in [0.2, 0.25) is 17.7 Å². The van der Waals surface area contributed by atoms with Crippen molar-refractivity contribution in [1.29, 1.82) is 0 Å². The predicted octanol–water partition coefficient (Wildman–Crippen LogP) is 8.51. The maximum absolute atomic E-state index is 13.8. The summed E-state index contributed by atoms with van der Waals surface area (Å²) >= 11 is 0. The van der Waals surface area contributed by atoms with Crippen molar-refractivity contribution in [2.24, 2.45) is 0 Å². The quantitative estimate of drug-likeness (QED) is 0.0624. The number of ether oxygens (including phenoxy) is 3. The molecule has 1 unspecified atom stereocenters. The molecule has 5 amide bonds. The van der Waals surface area contributed by atoms with E-state index in [0.29, 0.717) is 38.0 Å². The third-order valence-electron chi connectivity index (χ3n) is 12.9. The van der Waals surface area contributed by atoms with Crippen LogP contribution in [0.2, 0.25) is 0 Å². The maximum Gasteiger partial charge on any atom is 0.329 e. The first kappa shape index (κ1) is 52.4. The van der Waals surface area contributed by atoms with Gasteiger partial charge < -0.3 is 19.1 Å². The fraction of sp³-hybridized carbons (Fsp3) is 0.429. The third kappa shape index (κ3) is 14.1. The molecular formula is C56H65N3O11. The van der Waals surface area contributed by atoms with E-state index in [-0.39, 0.29) is 72.8 Å². The van der Waals surface area contributed by atoms with Gasteiger partial charge in [0.25, 0.3) is 11.8 Å². The summed E-state index contributed by atoms with van der Waals surface area (Å²) in [7, 11) is 0. The SMILES string of the molecule is CCCCC(=O)COc1cccc([C@@H](CCc2ccc(C)c(C)c2)OC(=O)[C@@H]2CCCCN2C(=O)Cc2ccccc2)c1.CCCCC(=O)COc1cccc2c1C(=O)N(C1CCC(=O)NC1=O)C2=O. The molecule has 0 aromatic heterocycles. The van der Waals surface area contributed by atoms with Gasteiger partial charge in [0.1, 0.15) is 42.9 Å². The number of aryl methyl sites for hydroxylation is 3. The van der Waals surface area contributed by atoms with Crippen LogP contribution in [0.15, 0.2) is 91.0 Å². The van der Waals surface area contributed by atoms with Crippen molar-refractivity contribution in [3.05, 3.63) is 130 Å².